The van der Waals surface area contributed by atoms with Gasteiger partial charge in [0.05, 0.1) is 0 Å². The molecule has 2 bridgehead atoms. The summed E-state index contributed by atoms with van der Waals surface area (Å²) in [7, 11) is 0. The fraction of sp³-hybridized carbons (Fsp3) is 0.435. The van der Waals surface area contributed by atoms with Crippen molar-refractivity contribution in [2.75, 3.05) is 0 Å². The third-order valence-electron chi connectivity index (χ3n) is 6.08. The molecule has 2 aromatic rings. The van der Waals surface area contributed by atoms with Crippen molar-refractivity contribution < 1.29 is 22.7 Å². The summed E-state index contributed by atoms with van der Waals surface area (Å²) < 4.78 is 40.9. The predicted octanol–water partition coefficient (Wildman–Crippen LogP) is 5.60. The number of hydrogen-bond acceptors (Lipinski definition) is 3. The zero-order valence-electron chi connectivity index (χ0n) is 16.1. The number of nitrogens with zero attached hydrogens (tertiary/aromatic N) is 1. The SMILES string of the molecule is O=C(c1ccc(OC(F)(F)F)cc1)C1CC2CCCC(C1)N2Cc1ccccc1. The average Bonchev–Trinajstić information content (AvgIpc) is 2.67. The second-order valence-corrected chi connectivity index (χ2v) is 8.00. The molecule has 0 N–H and O–H groups in total. The van der Waals surface area contributed by atoms with Crippen LogP contribution in [-0.2, 0) is 6.54 Å². The highest BCUT2D eigenvalue weighted by atomic mass is 19.4. The van der Waals surface area contributed by atoms with Gasteiger partial charge in [-0.2, -0.15) is 0 Å². The van der Waals surface area contributed by atoms with E-state index in [0.29, 0.717) is 17.6 Å². The first-order valence-electron chi connectivity index (χ1n) is 10.1. The molecule has 2 saturated heterocycles. The lowest BCUT2D eigenvalue weighted by atomic mass is 9.75. The number of alkyl halides is 3. The highest BCUT2D eigenvalue weighted by Crippen LogP contribution is 2.39. The number of ketones is 1. The number of hydrogen-bond donors (Lipinski definition) is 0. The van der Waals surface area contributed by atoms with Crippen LogP contribution < -0.4 is 4.74 Å². The molecule has 0 saturated carbocycles. The second-order valence-electron chi connectivity index (χ2n) is 8.00. The highest BCUT2D eigenvalue weighted by Gasteiger charge is 2.40. The van der Waals surface area contributed by atoms with E-state index in [-0.39, 0.29) is 17.5 Å². The van der Waals surface area contributed by atoms with E-state index in [9.17, 15) is 18.0 Å². The molecule has 0 amide bonds. The molecule has 0 spiro atoms. The molecule has 2 aromatic carbocycles. The van der Waals surface area contributed by atoms with Gasteiger partial charge >= 0.3 is 6.36 Å². The smallest absolute Gasteiger partial charge is 0.406 e. The molecule has 2 atom stereocenters. The van der Waals surface area contributed by atoms with Gasteiger partial charge in [-0.25, -0.2) is 0 Å². The van der Waals surface area contributed by atoms with Crippen LogP contribution in [0.5, 0.6) is 5.75 Å². The summed E-state index contributed by atoms with van der Waals surface area (Å²) >= 11 is 0. The molecular weight excluding hydrogens is 379 g/mol. The molecular formula is C23H24F3NO2. The van der Waals surface area contributed by atoms with Gasteiger partial charge in [-0.15, -0.1) is 13.2 Å². The first-order chi connectivity index (χ1) is 13.9. The summed E-state index contributed by atoms with van der Waals surface area (Å²) in [6.45, 7) is 0.903. The number of carbonyl (C=O) groups excluding carboxylic acids is 1. The summed E-state index contributed by atoms with van der Waals surface area (Å²) in [5.41, 5.74) is 1.74. The molecule has 0 aromatic heterocycles. The maximum absolute atomic E-state index is 13.0. The summed E-state index contributed by atoms with van der Waals surface area (Å²) in [4.78, 5) is 15.6. The topological polar surface area (TPSA) is 29.5 Å². The van der Waals surface area contributed by atoms with Crippen molar-refractivity contribution >= 4 is 5.78 Å². The first-order valence-corrected chi connectivity index (χ1v) is 10.1. The molecule has 2 fully saturated rings. The van der Waals surface area contributed by atoms with Gasteiger partial charge in [0.1, 0.15) is 5.75 Å². The summed E-state index contributed by atoms with van der Waals surface area (Å²) in [5.74, 6) is -0.352. The van der Waals surface area contributed by atoms with Crippen LogP contribution in [0.1, 0.15) is 48.0 Å². The van der Waals surface area contributed by atoms with E-state index < -0.39 is 6.36 Å². The maximum atomic E-state index is 13.0. The number of carbonyl (C=O) groups is 1. The van der Waals surface area contributed by atoms with Crippen LogP contribution in [0.15, 0.2) is 54.6 Å². The molecule has 3 nitrogen and oxygen atoms in total. The largest absolute Gasteiger partial charge is 0.573 e. The van der Waals surface area contributed by atoms with Crippen molar-refractivity contribution in [2.24, 2.45) is 5.92 Å². The Bertz CT molecular complexity index is 821. The van der Waals surface area contributed by atoms with Gasteiger partial charge in [-0.05, 0) is 55.5 Å². The van der Waals surface area contributed by atoms with Gasteiger partial charge in [-0.1, -0.05) is 36.8 Å². The Morgan fingerprint density at radius 2 is 1.59 bits per heavy atom. The van der Waals surface area contributed by atoms with Crippen LogP contribution in [-0.4, -0.2) is 29.1 Å². The Morgan fingerprint density at radius 1 is 0.966 bits per heavy atom. The van der Waals surface area contributed by atoms with Crippen molar-refractivity contribution in [1.82, 2.24) is 4.90 Å². The van der Waals surface area contributed by atoms with Crippen LogP contribution in [0.2, 0.25) is 0 Å². The molecule has 2 aliphatic heterocycles. The Labute approximate surface area is 168 Å². The molecule has 0 aliphatic carbocycles. The van der Waals surface area contributed by atoms with Crippen molar-refractivity contribution in [3.8, 4) is 5.75 Å². The lowest BCUT2D eigenvalue weighted by Gasteiger charge is -2.48. The molecule has 2 unspecified atom stereocenters. The van der Waals surface area contributed by atoms with E-state index in [1.54, 1.807) is 0 Å². The minimum atomic E-state index is -4.73. The lowest BCUT2D eigenvalue weighted by Crippen LogP contribution is -2.52. The zero-order valence-corrected chi connectivity index (χ0v) is 16.1. The van der Waals surface area contributed by atoms with Crippen molar-refractivity contribution in [3.05, 3.63) is 65.7 Å². The predicted molar refractivity (Wildman–Crippen MR) is 104 cm³/mol. The van der Waals surface area contributed by atoms with Crippen molar-refractivity contribution in [2.45, 2.75) is 57.1 Å². The Balaban J connectivity index is 1.43. The Morgan fingerprint density at radius 3 is 2.17 bits per heavy atom. The Hall–Kier alpha value is -2.34. The fourth-order valence-corrected chi connectivity index (χ4v) is 4.80. The number of fused-ring (bicyclic) bond motifs is 2. The molecule has 6 heteroatoms. The fourth-order valence-electron chi connectivity index (χ4n) is 4.80. The summed E-state index contributed by atoms with van der Waals surface area (Å²) in [6, 6.07) is 16.5. The van der Waals surface area contributed by atoms with Gasteiger partial charge in [0, 0.05) is 30.1 Å². The van der Waals surface area contributed by atoms with E-state index >= 15 is 0 Å². The minimum absolute atomic E-state index is 0.0276. The first kappa shape index (κ1) is 20.0. The van der Waals surface area contributed by atoms with E-state index in [0.717, 1.165) is 32.2 Å². The molecule has 4 rings (SSSR count). The maximum Gasteiger partial charge on any atom is 0.573 e. The van der Waals surface area contributed by atoms with Gasteiger partial charge in [0.25, 0.3) is 0 Å². The number of rotatable bonds is 5. The molecule has 2 heterocycles. The normalized spacial score (nSPS) is 24.9. The molecule has 2 aliphatic rings. The minimum Gasteiger partial charge on any atom is -0.406 e. The molecule has 154 valence electrons. The van der Waals surface area contributed by atoms with Crippen LogP contribution in [0.4, 0.5) is 13.2 Å². The molecule has 0 radical (unpaired) electrons. The van der Waals surface area contributed by atoms with Crippen LogP contribution >= 0.6 is 0 Å². The van der Waals surface area contributed by atoms with Crippen LogP contribution in [0, 0.1) is 5.92 Å². The van der Waals surface area contributed by atoms with E-state index in [4.69, 9.17) is 0 Å². The monoisotopic (exact) mass is 403 g/mol. The number of halogens is 3. The van der Waals surface area contributed by atoms with Gasteiger partial charge in [-0.3, -0.25) is 9.69 Å². The van der Waals surface area contributed by atoms with E-state index in [1.807, 2.05) is 18.2 Å². The quantitative estimate of drug-likeness (QED) is 0.609. The van der Waals surface area contributed by atoms with E-state index in [2.05, 4.69) is 21.8 Å². The summed E-state index contributed by atoms with van der Waals surface area (Å²) in [6.07, 6.45) is 0.252. The van der Waals surface area contributed by atoms with Crippen LogP contribution in [0.3, 0.4) is 0 Å². The average molecular weight is 403 g/mol. The summed E-state index contributed by atoms with van der Waals surface area (Å²) in [5, 5.41) is 0. The third kappa shape index (κ3) is 4.81. The Kier molecular flexibility index (Phi) is 5.63. The second kappa shape index (κ2) is 8.19. The van der Waals surface area contributed by atoms with E-state index in [1.165, 1.54) is 36.2 Å². The number of Topliss-reactive ketones (excluding diaryl/α,β-unsaturated/α-hetero) is 1. The van der Waals surface area contributed by atoms with Crippen LogP contribution in [0.25, 0.3) is 0 Å². The number of benzene rings is 2. The van der Waals surface area contributed by atoms with Crippen molar-refractivity contribution in [1.29, 1.82) is 0 Å². The van der Waals surface area contributed by atoms with Gasteiger partial charge < -0.3 is 4.74 Å². The zero-order chi connectivity index (χ0) is 20.4. The number of ether oxygens (including phenoxy) is 1. The third-order valence-corrected chi connectivity index (χ3v) is 6.08. The van der Waals surface area contributed by atoms with Gasteiger partial charge in [0.2, 0.25) is 0 Å². The number of piperidine rings is 2. The molecule has 29 heavy (non-hydrogen) atoms. The lowest BCUT2D eigenvalue weighted by molar-refractivity contribution is -0.274. The highest BCUT2D eigenvalue weighted by molar-refractivity contribution is 5.98. The van der Waals surface area contributed by atoms with Crippen molar-refractivity contribution in [3.63, 3.8) is 0 Å². The standard InChI is InChI=1S/C23H24F3NO2/c24-23(25,26)29-21-11-9-17(10-12-21)22(28)18-13-19-7-4-8-20(14-18)27(19)15-16-5-2-1-3-6-16/h1-3,5-6,9-12,18-20H,4,7-8,13-15H2. The van der Waals surface area contributed by atoms with Gasteiger partial charge in [0.15, 0.2) is 5.78 Å².